The summed E-state index contributed by atoms with van der Waals surface area (Å²) in [4.78, 5) is 35.1. The molecule has 96 valence electrons. The Morgan fingerprint density at radius 1 is 1.44 bits per heavy atom. The van der Waals surface area contributed by atoms with Gasteiger partial charge in [-0.25, -0.2) is 4.79 Å². The molecular weight excluding hydrogens is 236 g/mol. The number of amides is 3. The largest absolute Gasteiger partial charge is 0.456 e. The average molecular weight is 250 g/mol. The number of urea groups is 1. The third-order valence-electron chi connectivity index (χ3n) is 2.80. The molecule has 0 saturated carbocycles. The van der Waals surface area contributed by atoms with Crippen LogP contribution < -0.4 is 5.32 Å². The summed E-state index contributed by atoms with van der Waals surface area (Å²) in [5.41, 5.74) is 0. The molecule has 0 spiro atoms. The van der Waals surface area contributed by atoms with Crippen molar-refractivity contribution in [2.75, 3.05) is 0 Å². The standard InChI is InChI=1S/C12H14N2O4/c1-2-3-10-11(16)14(12(17)13-10)6-8-4-5-9(7-15)18-8/h4-5,7,10H,2-3,6H2,1H3,(H,13,17). The van der Waals surface area contributed by atoms with Crippen LogP contribution in [-0.4, -0.2) is 29.2 Å². The van der Waals surface area contributed by atoms with Gasteiger partial charge in [-0.3, -0.25) is 14.5 Å². The predicted octanol–water partition coefficient (Wildman–Crippen LogP) is 1.31. The number of nitrogens with zero attached hydrogens (tertiary/aromatic N) is 1. The lowest BCUT2D eigenvalue weighted by Crippen LogP contribution is -2.30. The Balaban J connectivity index is 2.07. The second-order valence-corrected chi connectivity index (χ2v) is 4.14. The Labute approximate surface area is 104 Å². The van der Waals surface area contributed by atoms with Gasteiger partial charge in [0.2, 0.25) is 0 Å². The van der Waals surface area contributed by atoms with Gasteiger partial charge in [0.1, 0.15) is 11.8 Å². The van der Waals surface area contributed by atoms with Gasteiger partial charge in [0, 0.05) is 0 Å². The van der Waals surface area contributed by atoms with Crippen LogP contribution in [0.5, 0.6) is 0 Å². The highest BCUT2D eigenvalue weighted by molar-refractivity contribution is 6.04. The molecule has 1 aliphatic heterocycles. The first-order chi connectivity index (χ1) is 8.65. The minimum absolute atomic E-state index is 0.0543. The number of rotatable bonds is 5. The van der Waals surface area contributed by atoms with Crippen LogP contribution in [0.4, 0.5) is 4.79 Å². The highest BCUT2D eigenvalue weighted by Gasteiger charge is 2.37. The van der Waals surface area contributed by atoms with Crippen molar-refractivity contribution in [1.29, 1.82) is 0 Å². The minimum Gasteiger partial charge on any atom is -0.456 e. The van der Waals surface area contributed by atoms with Gasteiger partial charge in [0.15, 0.2) is 12.0 Å². The van der Waals surface area contributed by atoms with E-state index in [-0.39, 0.29) is 18.2 Å². The van der Waals surface area contributed by atoms with Crippen LogP contribution >= 0.6 is 0 Å². The van der Waals surface area contributed by atoms with Crippen LogP contribution in [0.1, 0.15) is 36.1 Å². The van der Waals surface area contributed by atoms with Crippen LogP contribution in [0.15, 0.2) is 16.5 Å². The zero-order valence-electron chi connectivity index (χ0n) is 10.0. The molecule has 0 radical (unpaired) electrons. The Kier molecular flexibility index (Phi) is 3.45. The molecule has 1 N–H and O–H groups in total. The number of imide groups is 1. The van der Waals surface area contributed by atoms with Gasteiger partial charge in [0.25, 0.3) is 5.91 Å². The van der Waals surface area contributed by atoms with Crippen molar-refractivity contribution in [3.05, 3.63) is 23.7 Å². The summed E-state index contributed by atoms with van der Waals surface area (Å²) in [6.07, 6.45) is 2.02. The van der Waals surface area contributed by atoms with E-state index in [1.165, 1.54) is 6.07 Å². The second-order valence-electron chi connectivity index (χ2n) is 4.14. The van der Waals surface area contributed by atoms with Crippen molar-refractivity contribution in [2.45, 2.75) is 32.4 Å². The topological polar surface area (TPSA) is 79.6 Å². The van der Waals surface area contributed by atoms with Crippen LogP contribution in [0.3, 0.4) is 0 Å². The molecule has 0 bridgehead atoms. The van der Waals surface area contributed by atoms with Gasteiger partial charge < -0.3 is 9.73 Å². The zero-order chi connectivity index (χ0) is 13.1. The molecule has 1 unspecified atom stereocenters. The summed E-state index contributed by atoms with van der Waals surface area (Å²) < 4.78 is 5.14. The predicted molar refractivity (Wildman–Crippen MR) is 61.9 cm³/mol. The number of carbonyl (C=O) groups is 3. The fraction of sp³-hybridized carbons (Fsp3) is 0.417. The van der Waals surface area contributed by atoms with E-state index in [2.05, 4.69) is 5.32 Å². The number of hydrogen-bond donors (Lipinski definition) is 1. The van der Waals surface area contributed by atoms with E-state index in [0.717, 1.165) is 11.3 Å². The highest BCUT2D eigenvalue weighted by Crippen LogP contribution is 2.16. The third kappa shape index (κ3) is 2.27. The maximum atomic E-state index is 11.9. The lowest BCUT2D eigenvalue weighted by atomic mass is 10.2. The number of furan rings is 1. The molecule has 1 saturated heterocycles. The smallest absolute Gasteiger partial charge is 0.325 e. The average Bonchev–Trinajstić information content (AvgIpc) is 2.91. The summed E-state index contributed by atoms with van der Waals surface area (Å²) in [7, 11) is 0. The lowest BCUT2D eigenvalue weighted by Gasteiger charge is -2.10. The van der Waals surface area contributed by atoms with Gasteiger partial charge in [-0.2, -0.15) is 0 Å². The first kappa shape index (κ1) is 12.3. The van der Waals surface area contributed by atoms with Crippen molar-refractivity contribution in [1.82, 2.24) is 10.2 Å². The second kappa shape index (κ2) is 5.03. The Morgan fingerprint density at radius 2 is 2.22 bits per heavy atom. The number of aldehydes is 1. The summed E-state index contributed by atoms with van der Waals surface area (Å²) in [6, 6.07) is 2.23. The van der Waals surface area contributed by atoms with E-state index in [1.807, 2.05) is 6.92 Å². The van der Waals surface area contributed by atoms with Crippen molar-refractivity contribution >= 4 is 18.2 Å². The summed E-state index contributed by atoms with van der Waals surface area (Å²) in [5.74, 6) is 0.353. The Hall–Kier alpha value is -2.11. The molecule has 1 atom stereocenters. The van der Waals surface area contributed by atoms with Crippen molar-refractivity contribution < 1.29 is 18.8 Å². The van der Waals surface area contributed by atoms with Crippen LogP contribution in [0, 0.1) is 0 Å². The first-order valence-electron chi connectivity index (χ1n) is 5.81. The normalized spacial score (nSPS) is 19.2. The summed E-state index contributed by atoms with van der Waals surface area (Å²) >= 11 is 0. The van der Waals surface area contributed by atoms with Crippen LogP contribution in [0.2, 0.25) is 0 Å². The van der Waals surface area contributed by atoms with E-state index in [1.54, 1.807) is 6.07 Å². The molecule has 0 aromatic carbocycles. The van der Waals surface area contributed by atoms with Crippen molar-refractivity contribution in [2.24, 2.45) is 0 Å². The molecule has 2 rings (SSSR count). The summed E-state index contributed by atoms with van der Waals surface area (Å²) in [5, 5.41) is 2.62. The maximum Gasteiger partial charge on any atom is 0.325 e. The fourth-order valence-electron chi connectivity index (χ4n) is 1.91. The molecule has 0 aliphatic carbocycles. The fourth-order valence-corrected chi connectivity index (χ4v) is 1.91. The lowest BCUT2D eigenvalue weighted by molar-refractivity contribution is -0.128. The quantitative estimate of drug-likeness (QED) is 0.631. The highest BCUT2D eigenvalue weighted by atomic mass is 16.3. The van der Waals surface area contributed by atoms with E-state index >= 15 is 0 Å². The van der Waals surface area contributed by atoms with Gasteiger partial charge in [-0.05, 0) is 18.6 Å². The molecule has 1 aromatic heterocycles. The minimum atomic E-state index is -0.442. The molecule has 18 heavy (non-hydrogen) atoms. The van der Waals surface area contributed by atoms with E-state index in [0.29, 0.717) is 18.5 Å². The molecule has 3 amide bonds. The van der Waals surface area contributed by atoms with E-state index in [9.17, 15) is 14.4 Å². The molecular formula is C12H14N2O4. The van der Waals surface area contributed by atoms with Crippen molar-refractivity contribution in [3.8, 4) is 0 Å². The SMILES string of the molecule is CCCC1NC(=O)N(Cc2ccc(C=O)o2)C1=O. The number of hydrogen-bond acceptors (Lipinski definition) is 4. The van der Waals surface area contributed by atoms with E-state index < -0.39 is 12.1 Å². The van der Waals surface area contributed by atoms with Gasteiger partial charge >= 0.3 is 6.03 Å². The molecule has 2 heterocycles. The molecule has 1 fully saturated rings. The zero-order valence-corrected chi connectivity index (χ0v) is 10.0. The maximum absolute atomic E-state index is 11.9. The van der Waals surface area contributed by atoms with E-state index in [4.69, 9.17) is 4.42 Å². The van der Waals surface area contributed by atoms with Crippen molar-refractivity contribution in [3.63, 3.8) is 0 Å². The molecule has 1 aliphatic rings. The Bertz CT molecular complexity index is 480. The molecule has 1 aromatic rings. The summed E-state index contributed by atoms with van der Waals surface area (Å²) in [6.45, 7) is 2.00. The first-order valence-corrected chi connectivity index (χ1v) is 5.81. The molecule has 6 heteroatoms. The monoisotopic (exact) mass is 250 g/mol. The number of nitrogens with one attached hydrogen (secondary N) is 1. The van der Waals surface area contributed by atoms with Gasteiger partial charge in [-0.1, -0.05) is 13.3 Å². The van der Waals surface area contributed by atoms with Gasteiger partial charge in [0.05, 0.1) is 6.54 Å². The van der Waals surface area contributed by atoms with Gasteiger partial charge in [-0.15, -0.1) is 0 Å². The number of carbonyl (C=O) groups excluding carboxylic acids is 3. The van der Waals surface area contributed by atoms with Crippen LogP contribution in [0.25, 0.3) is 0 Å². The third-order valence-corrected chi connectivity index (χ3v) is 2.80. The molecule has 6 nitrogen and oxygen atoms in total. The van der Waals surface area contributed by atoms with Crippen LogP contribution in [-0.2, 0) is 11.3 Å². The Morgan fingerprint density at radius 3 is 2.83 bits per heavy atom.